The van der Waals surface area contributed by atoms with E-state index in [4.69, 9.17) is 4.74 Å². The number of amides is 1. The molecule has 8 nitrogen and oxygen atoms in total. The van der Waals surface area contributed by atoms with Crippen LogP contribution in [0.5, 0.6) is 5.75 Å². The van der Waals surface area contributed by atoms with Gasteiger partial charge in [-0.05, 0) is 73.5 Å². The third-order valence-electron chi connectivity index (χ3n) is 5.16. The molecular formula is C23H20N4O4. The number of aryl methyl sites for hydroxylation is 2. The molecule has 1 aromatic heterocycles. The van der Waals surface area contributed by atoms with Crippen molar-refractivity contribution in [2.45, 2.75) is 13.8 Å². The van der Waals surface area contributed by atoms with Gasteiger partial charge >= 0.3 is 0 Å². The molecule has 0 saturated heterocycles. The first-order valence-electron chi connectivity index (χ1n) is 9.57. The van der Waals surface area contributed by atoms with Crippen LogP contribution in [0.25, 0.3) is 22.4 Å². The summed E-state index contributed by atoms with van der Waals surface area (Å²) in [6.45, 7) is 4.10. The van der Waals surface area contributed by atoms with E-state index in [0.29, 0.717) is 11.4 Å². The summed E-state index contributed by atoms with van der Waals surface area (Å²) >= 11 is 0. The number of nitro benzene ring substituents is 1. The number of ether oxygens (including phenoxy) is 1. The summed E-state index contributed by atoms with van der Waals surface area (Å²) < 4.78 is 5.08. The van der Waals surface area contributed by atoms with Crippen LogP contribution in [0.4, 0.5) is 11.4 Å². The Bertz CT molecular complexity index is 1270. The Morgan fingerprint density at radius 3 is 2.45 bits per heavy atom. The fourth-order valence-corrected chi connectivity index (χ4v) is 3.30. The average molecular weight is 416 g/mol. The van der Waals surface area contributed by atoms with Gasteiger partial charge in [-0.3, -0.25) is 14.9 Å². The fraction of sp³-hybridized carbons (Fsp3) is 0.130. The number of nitrogens with zero attached hydrogens (tertiary/aromatic N) is 2. The van der Waals surface area contributed by atoms with Gasteiger partial charge in [-0.2, -0.15) is 0 Å². The van der Waals surface area contributed by atoms with E-state index in [1.807, 2.05) is 25.1 Å². The number of nitrogens with one attached hydrogen (secondary N) is 2. The molecule has 1 amide bonds. The van der Waals surface area contributed by atoms with Gasteiger partial charge in [0.05, 0.1) is 23.1 Å². The first kappa shape index (κ1) is 20.1. The van der Waals surface area contributed by atoms with Crippen molar-refractivity contribution in [3.8, 4) is 17.1 Å². The van der Waals surface area contributed by atoms with Crippen LogP contribution in [0.15, 0.2) is 54.6 Å². The minimum Gasteiger partial charge on any atom is -0.497 e. The average Bonchev–Trinajstić information content (AvgIpc) is 3.16. The number of fused-ring (bicyclic) bond motifs is 1. The minimum atomic E-state index is -0.595. The van der Waals surface area contributed by atoms with E-state index < -0.39 is 10.8 Å². The van der Waals surface area contributed by atoms with Crippen molar-refractivity contribution in [3.05, 3.63) is 81.4 Å². The maximum absolute atomic E-state index is 12.7. The Morgan fingerprint density at radius 2 is 1.77 bits per heavy atom. The highest BCUT2D eigenvalue weighted by Crippen LogP contribution is 2.27. The number of methoxy groups -OCH3 is 1. The van der Waals surface area contributed by atoms with Crippen LogP contribution < -0.4 is 10.1 Å². The van der Waals surface area contributed by atoms with Crippen LogP contribution in [0.3, 0.4) is 0 Å². The highest BCUT2D eigenvalue weighted by atomic mass is 16.6. The largest absolute Gasteiger partial charge is 0.497 e. The smallest absolute Gasteiger partial charge is 0.282 e. The van der Waals surface area contributed by atoms with Crippen LogP contribution in [-0.2, 0) is 0 Å². The number of imidazole rings is 1. The minimum absolute atomic E-state index is 0.0727. The first-order chi connectivity index (χ1) is 14.9. The number of hydrogen-bond donors (Lipinski definition) is 2. The predicted molar refractivity (Wildman–Crippen MR) is 119 cm³/mol. The summed E-state index contributed by atoms with van der Waals surface area (Å²) in [7, 11) is 1.43. The molecule has 0 aliphatic rings. The molecule has 4 rings (SSSR count). The lowest BCUT2D eigenvalue weighted by Crippen LogP contribution is -2.14. The SMILES string of the molecule is COc1ccc([N+](=O)[O-])c(C(=O)Nc2ccc(-c3nc4cc(C)c(C)cc4[nH]3)cc2)c1. The number of carbonyl (C=O) groups excluding carboxylic acids is 1. The zero-order valence-electron chi connectivity index (χ0n) is 17.2. The number of H-pyrrole nitrogens is 1. The molecule has 0 fully saturated rings. The van der Waals surface area contributed by atoms with E-state index in [1.165, 1.54) is 36.4 Å². The van der Waals surface area contributed by atoms with Crippen molar-refractivity contribution >= 4 is 28.3 Å². The molecule has 2 N–H and O–H groups in total. The normalized spacial score (nSPS) is 10.8. The summed E-state index contributed by atoms with van der Waals surface area (Å²) in [6.07, 6.45) is 0. The van der Waals surface area contributed by atoms with Gasteiger partial charge in [0, 0.05) is 17.3 Å². The third kappa shape index (κ3) is 3.95. The molecule has 0 saturated carbocycles. The van der Waals surface area contributed by atoms with Gasteiger partial charge in [0.2, 0.25) is 0 Å². The van der Waals surface area contributed by atoms with Crippen LogP contribution >= 0.6 is 0 Å². The Morgan fingerprint density at radius 1 is 1.06 bits per heavy atom. The van der Waals surface area contributed by atoms with Gasteiger partial charge in [0.25, 0.3) is 11.6 Å². The molecule has 0 aliphatic heterocycles. The molecular weight excluding hydrogens is 396 g/mol. The van der Waals surface area contributed by atoms with Crippen molar-refractivity contribution < 1.29 is 14.5 Å². The van der Waals surface area contributed by atoms with Crippen LogP contribution in [0.1, 0.15) is 21.5 Å². The Labute approximate surface area is 178 Å². The highest BCUT2D eigenvalue weighted by molar-refractivity contribution is 6.07. The van der Waals surface area contributed by atoms with Gasteiger partial charge in [-0.25, -0.2) is 4.98 Å². The molecule has 31 heavy (non-hydrogen) atoms. The summed E-state index contributed by atoms with van der Waals surface area (Å²) in [5, 5.41) is 14.0. The molecule has 0 unspecified atom stereocenters. The van der Waals surface area contributed by atoms with Crippen molar-refractivity contribution in [1.29, 1.82) is 0 Å². The maximum atomic E-state index is 12.7. The van der Waals surface area contributed by atoms with E-state index >= 15 is 0 Å². The lowest BCUT2D eigenvalue weighted by molar-refractivity contribution is -0.385. The number of nitro groups is 1. The van der Waals surface area contributed by atoms with Gasteiger partial charge in [0.15, 0.2) is 0 Å². The molecule has 0 radical (unpaired) electrons. The summed E-state index contributed by atoms with van der Waals surface area (Å²) in [6, 6.07) is 15.3. The fourth-order valence-electron chi connectivity index (χ4n) is 3.30. The van der Waals surface area contributed by atoms with Gasteiger partial charge in [0.1, 0.15) is 17.1 Å². The second-order valence-electron chi connectivity index (χ2n) is 7.21. The Balaban J connectivity index is 1.58. The molecule has 3 aromatic carbocycles. The number of rotatable bonds is 5. The number of hydrogen-bond acceptors (Lipinski definition) is 5. The molecule has 0 atom stereocenters. The van der Waals surface area contributed by atoms with Crippen molar-refractivity contribution in [3.63, 3.8) is 0 Å². The van der Waals surface area contributed by atoms with Gasteiger partial charge < -0.3 is 15.0 Å². The quantitative estimate of drug-likeness (QED) is 0.351. The van der Waals surface area contributed by atoms with E-state index in [9.17, 15) is 14.9 Å². The van der Waals surface area contributed by atoms with Crippen molar-refractivity contribution in [2.24, 2.45) is 0 Å². The lowest BCUT2D eigenvalue weighted by Gasteiger charge is -2.08. The van der Waals surface area contributed by atoms with E-state index in [1.54, 1.807) is 12.1 Å². The monoisotopic (exact) mass is 416 g/mol. The molecule has 0 bridgehead atoms. The van der Waals surface area contributed by atoms with Crippen molar-refractivity contribution in [1.82, 2.24) is 9.97 Å². The van der Waals surface area contributed by atoms with Crippen LogP contribution in [0.2, 0.25) is 0 Å². The second-order valence-corrected chi connectivity index (χ2v) is 7.21. The second kappa shape index (κ2) is 7.91. The van der Waals surface area contributed by atoms with Gasteiger partial charge in [-0.1, -0.05) is 0 Å². The summed E-state index contributed by atoms with van der Waals surface area (Å²) in [4.78, 5) is 31.3. The Hall–Kier alpha value is -4.20. The molecule has 1 heterocycles. The Kier molecular flexibility index (Phi) is 5.12. The maximum Gasteiger partial charge on any atom is 0.282 e. The van der Waals surface area contributed by atoms with Gasteiger partial charge in [-0.15, -0.1) is 0 Å². The summed E-state index contributed by atoms with van der Waals surface area (Å²) in [5.74, 6) is 0.496. The standard InChI is InChI=1S/C23H20N4O4/c1-13-10-19-20(11-14(13)2)26-22(25-19)15-4-6-16(7-5-15)24-23(28)18-12-17(31-3)8-9-21(18)27(29)30/h4-12H,1-3H3,(H,24,28)(H,25,26). The lowest BCUT2D eigenvalue weighted by atomic mass is 10.1. The van der Waals surface area contributed by atoms with Crippen LogP contribution in [0, 0.1) is 24.0 Å². The molecule has 0 spiro atoms. The van der Waals surface area contributed by atoms with Crippen LogP contribution in [-0.4, -0.2) is 27.9 Å². The van der Waals surface area contributed by atoms with E-state index in [2.05, 4.69) is 28.3 Å². The predicted octanol–water partition coefficient (Wildman–Crippen LogP) is 5.02. The van der Waals surface area contributed by atoms with Crippen molar-refractivity contribution in [2.75, 3.05) is 12.4 Å². The highest BCUT2D eigenvalue weighted by Gasteiger charge is 2.21. The third-order valence-corrected chi connectivity index (χ3v) is 5.16. The summed E-state index contributed by atoms with van der Waals surface area (Å²) in [5.41, 5.74) is 5.22. The number of benzene rings is 3. The number of aromatic nitrogens is 2. The molecule has 0 aliphatic carbocycles. The number of anilines is 1. The zero-order valence-corrected chi connectivity index (χ0v) is 17.2. The topological polar surface area (TPSA) is 110 Å². The zero-order chi connectivity index (χ0) is 22.1. The number of carbonyl (C=O) groups is 1. The van der Waals surface area contributed by atoms with E-state index in [0.717, 1.165) is 22.4 Å². The number of aromatic amines is 1. The molecule has 4 aromatic rings. The molecule has 8 heteroatoms. The molecule has 156 valence electrons. The first-order valence-corrected chi connectivity index (χ1v) is 9.57. The van der Waals surface area contributed by atoms with E-state index in [-0.39, 0.29) is 11.3 Å².